The van der Waals surface area contributed by atoms with Crippen LogP contribution in [0.1, 0.15) is 0 Å². The second-order valence-electron chi connectivity index (χ2n) is 4.91. The van der Waals surface area contributed by atoms with Gasteiger partial charge in [0.1, 0.15) is 17.3 Å². The summed E-state index contributed by atoms with van der Waals surface area (Å²) in [5, 5.41) is 4.48. The summed E-state index contributed by atoms with van der Waals surface area (Å²) in [6, 6.07) is 10.8. The number of para-hydroxylation sites is 1. The van der Waals surface area contributed by atoms with E-state index in [0.29, 0.717) is 5.69 Å². The molecule has 1 N–H and O–H groups in total. The van der Waals surface area contributed by atoms with Crippen LogP contribution in [0, 0.1) is 11.6 Å². The number of hydrogen-bond donors (Lipinski definition) is 1. The highest BCUT2D eigenvalue weighted by molar-refractivity contribution is 5.93. The molecule has 6 heteroatoms. The topological polar surface area (TPSA) is 50.7 Å². The predicted octanol–water partition coefficient (Wildman–Crippen LogP) is 3.10. The van der Waals surface area contributed by atoms with Gasteiger partial charge in [0.15, 0.2) is 0 Å². The molecule has 0 aromatic heterocycles. The molecule has 2 aliphatic rings. The lowest BCUT2D eigenvalue weighted by atomic mass is 10.1. The fraction of sp³-hybridized carbons (Fsp3) is 0. The van der Waals surface area contributed by atoms with Gasteiger partial charge in [-0.15, -0.1) is 0 Å². The number of H-pyrrole nitrogens is 1. The summed E-state index contributed by atoms with van der Waals surface area (Å²) in [4.78, 5) is 15.1. The Morgan fingerprint density at radius 1 is 1.09 bits per heavy atom. The highest BCUT2D eigenvalue weighted by Gasteiger charge is 2.20. The molecule has 0 saturated heterocycles. The van der Waals surface area contributed by atoms with Crippen molar-refractivity contribution in [2.45, 2.75) is 0 Å². The smallest absolute Gasteiger partial charge is 0.282 e. The molecule has 0 fully saturated rings. The molecule has 0 amide bonds. The Bertz CT molecular complexity index is 1020. The van der Waals surface area contributed by atoms with Crippen molar-refractivity contribution in [2.24, 2.45) is 0 Å². The molecule has 0 unspecified atom stereocenters. The molecule has 2 heterocycles. The Morgan fingerprint density at radius 2 is 1.86 bits per heavy atom. The maximum Gasteiger partial charge on any atom is 0.282 e. The molecule has 2 aromatic rings. The Labute approximate surface area is 123 Å². The largest absolute Gasteiger partial charge is 0.358 e. The summed E-state index contributed by atoms with van der Waals surface area (Å²) in [6.07, 6.45) is 1.40. The Balaban J connectivity index is 2.12. The Kier molecular flexibility index (Phi) is 2.59. The molecular formula is C16H9F2N3O. The zero-order valence-corrected chi connectivity index (χ0v) is 11.2. The molecule has 0 atom stereocenters. The number of nitrogens with one attached hydrogen (secondary N) is 1. The van der Waals surface area contributed by atoms with E-state index in [0.717, 1.165) is 6.07 Å². The van der Waals surface area contributed by atoms with Crippen molar-refractivity contribution < 1.29 is 8.78 Å². The first kappa shape index (κ1) is 12.7. The molecule has 0 bridgehead atoms. The number of fused-ring (bicyclic) bond motifs is 3. The van der Waals surface area contributed by atoms with Gasteiger partial charge in [-0.05, 0) is 18.2 Å². The fourth-order valence-electron chi connectivity index (χ4n) is 2.54. The number of halogens is 2. The van der Waals surface area contributed by atoms with Crippen LogP contribution in [0.15, 0.2) is 53.5 Å². The second kappa shape index (κ2) is 4.49. The van der Waals surface area contributed by atoms with E-state index in [1.807, 2.05) is 6.07 Å². The molecule has 0 spiro atoms. The average Bonchev–Trinajstić information content (AvgIpc) is 2.86. The van der Waals surface area contributed by atoms with E-state index >= 15 is 0 Å². The molecule has 0 saturated carbocycles. The van der Waals surface area contributed by atoms with Crippen molar-refractivity contribution in [3.63, 3.8) is 0 Å². The van der Waals surface area contributed by atoms with Gasteiger partial charge in [-0.2, -0.15) is 9.78 Å². The number of benzene rings is 2. The fourth-order valence-corrected chi connectivity index (χ4v) is 2.54. The Hall–Kier alpha value is -3.02. The lowest BCUT2D eigenvalue weighted by molar-refractivity contribution is 0.590. The first-order valence-corrected chi connectivity index (χ1v) is 6.60. The quantitative estimate of drug-likeness (QED) is 0.587. The van der Waals surface area contributed by atoms with Crippen LogP contribution in [-0.2, 0) is 0 Å². The average molecular weight is 297 g/mol. The molecule has 4 rings (SSSR count). The normalized spacial score (nSPS) is 11.4. The highest BCUT2D eigenvalue weighted by atomic mass is 19.1. The van der Waals surface area contributed by atoms with Crippen LogP contribution in [0.5, 0.6) is 0 Å². The number of aromatic amines is 1. The minimum absolute atomic E-state index is 0.117. The van der Waals surface area contributed by atoms with Crippen LogP contribution in [0.2, 0.25) is 0 Å². The van der Waals surface area contributed by atoms with Crippen LogP contribution >= 0.6 is 0 Å². The first-order chi connectivity index (χ1) is 10.6. The van der Waals surface area contributed by atoms with E-state index < -0.39 is 11.6 Å². The number of pyridine rings is 1. The zero-order valence-electron chi connectivity index (χ0n) is 11.2. The molecule has 0 aliphatic carbocycles. The summed E-state index contributed by atoms with van der Waals surface area (Å²) in [6.45, 7) is 0. The van der Waals surface area contributed by atoms with Crippen molar-refractivity contribution in [1.29, 1.82) is 0 Å². The molecular weight excluding hydrogens is 288 g/mol. The highest BCUT2D eigenvalue weighted by Crippen LogP contribution is 2.28. The van der Waals surface area contributed by atoms with E-state index in [1.54, 1.807) is 24.3 Å². The van der Waals surface area contributed by atoms with Crippen molar-refractivity contribution in [3.8, 4) is 16.9 Å². The summed E-state index contributed by atoms with van der Waals surface area (Å²) in [5.74, 6) is -1.44. The zero-order chi connectivity index (χ0) is 15.3. The van der Waals surface area contributed by atoms with E-state index in [-0.39, 0.29) is 27.7 Å². The summed E-state index contributed by atoms with van der Waals surface area (Å²) in [7, 11) is 0. The molecule has 108 valence electrons. The van der Waals surface area contributed by atoms with Gasteiger partial charge >= 0.3 is 0 Å². The predicted molar refractivity (Wildman–Crippen MR) is 78.2 cm³/mol. The number of aromatic nitrogens is 3. The lowest BCUT2D eigenvalue weighted by Crippen LogP contribution is -2.14. The van der Waals surface area contributed by atoms with Gasteiger partial charge in [0, 0.05) is 17.6 Å². The van der Waals surface area contributed by atoms with Crippen LogP contribution in [0.4, 0.5) is 8.78 Å². The summed E-state index contributed by atoms with van der Waals surface area (Å²) >= 11 is 0. The van der Waals surface area contributed by atoms with Gasteiger partial charge in [-0.1, -0.05) is 18.2 Å². The molecule has 0 radical (unpaired) electrons. The van der Waals surface area contributed by atoms with Crippen LogP contribution < -0.4 is 5.56 Å². The Morgan fingerprint density at radius 3 is 2.64 bits per heavy atom. The van der Waals surface area contributed by atoms with Crippen molar-refractivity contribution in [3.05, 3.63) is 70.6 Å². The third-order valence-corrected chi connectivity index (χ3v) is 3.55. The summed E-state index contributed by atoms with van der Waals surface area (Å²) < 4.78 is 28.5. The number of hydrogen-bond acceptors (Lipinski definition) is 2. The number of rotatable bonds is 1. The summed E-state index contributed by atoms with van der Waals surface area (Å²) in [5.41, 5.74) is 0.909. The van der Waals surface area contributed by atoms with Crippen LogP contribution in [-0.4, -0.2) is 14.8 Å². The molecule has 2 aliphatic heterocycles. The van der Waals surface area contributed by atoms with Crippen molar-refractivity contribution in [2.75, 3.05) is 0 Å². The van der Waals surface area contributed by atoms with Crippen LogP contribution in [0.3, 0.4) is 0 Å². The van der Waals surface area contributed by atoms with Gasteiger partial charge in [0.25, 0.3) is 5.56 Å². The minimum Gasteiger partial charge on any atom is -0.358 e. The molecule has 22 heavy (non-hydrogen) atoms. The van der Waals surface area contributed by atoms with Gasteiger partial charge < -0.3 is 4.98 Å². The van der Waals surface area contributed by atoms with E-state index in [1.165, 1.54) is 16.9 Å². The maximum absolute atomic E-state index is 13.8. The van der Waals surface area contributed by atoms with Gasteiger partial charge in [0.2, 0.25) is 0 Å². The van der Waals surface area contributed by atoms with Crippen LogP contribution in [0.25, 0.3) is 27.8 Å². The van der Waals surface area contributed by atoms with Gasteiger partial charge in [-0.3, -0.25) is 4.79 Å². The van der Waals surface area contributed by atoms with Gasteiger partial charge in [-0.25, -0.2) is 8.78 Å². The van der Waals surface area contributed by atoms with E-state index in [2.05, 4.69) is 10.1 Å². The standard InChI is InChI=1S/C16H9F2N3O/c17-9-6-11-14-12(8-19-15(11)13(18)7-9)16(22)21(20-14)10-4-2-1-3-5-10/h1-8,19H. The minimum atomic E-state index is -0.724. The first-order valence-electron chi connectivity index (χ1n) is 6.60. The third kappa shape index (κ3) is 1.74. The van der Waals surface area contributed by atoms with Crippen molar-refractivity contribution in [1.82, 2.24) is 14.8 Å². The van der Waals surface area contributed by atoms with E-state index in [9.17, 15) is 13.6 Å². The maximum atomic E-state index is 13.8. The number of nitrogens with zero attached hydrogens (tertiary/aromatic N) is 2. The lowest BCUT2D eigenvalue weighted by Gasteiger charge is -2.03. The second-order valence-corrected chi connectivity index (χ2v) is 4.91. The molecule has 2 aromatic carbocycles. The van der Waals surface area contributed by atoms with Crippen molar-refractivity contribution >= 4 is 10.9 Å². The molecule has 4 nitrogen and oxygen atoms in total. The monoisotopic (exact) mass is 297 g/mol. The van der Waals surface area contributed by atoms with E-state index in [4.69, 9.17) is 0 Å². The van der Waals surface area contributed by atoms with Gasteiger partial charge in [0.05, 0.1) is 16.8 Å². The third-order valence-electron chi connectivity index (χ3n) is 3.55. The SMILES string of the molecule is O=c1c2c[nH]c3c(F)cc(F)cc3c-2nn1-c1ccccc1.